The topological polar surface area (TPSA) is 59.4 Å². The van der Waals surface area contributed by atoms with Gasteiger partial charge in [-0.3, -0.25) is 0 Å². The number of carbonyl (C=O) groups is 1. The minimum absolute atomic E-state index is 0.0805. The Morgan fingerprint density at radius 1 is 1.69 bits per heavy atom. The molecule has 5 heteroatoms. The minimum atomic E-state index is -0.421. The Kier molecular flexibility index (Phi) is 3.39. The van der Waals surface area contributed by atoms with Crippen molar-refractivity contribution in [2.24, 2.45) is 0 Å². The van der Waals surface area contributed by atoms with Crippen LogP contribution in [0.1, 0.15) is 27.3 Å². The van der Waals surface area contributed by atoms with Crippen LogP contribution in [0.2, 0.25) is 0 Å². The van der Waals surface area contributed by atoms with Gasteiger partial charge < -0.3 is 9.84 Å². The van der Waals surface area contributed by atoms with Crippen molar-refractivity contribution in [3.63, 3.8) is 0 Å². The standard InChI is InChI=1S/C8H11NO3S/c1-3-12-8(11)7-9-5(2)6(4-10)13-7/h10H,3-4H2,1-2H3. The van der Waals surface area contributed by atoms with Crippen LogP contribution in [0.15, 0.2) is 0 Å². The van der Waals surface area contributed by atoms with Gasteiger partial charge in [0.2, 0.25) is 5.01 Å². The molecule has 0 amide bonds. The Morgan fingerprint density at radius 3 is 2.85 bits per heavy atom. The molecule has 1 aromatic rings. The van der Waals surface area contributed by atoms with E-state index in [0.717, 1.165) is 0 Å². The first-order chi connectivity index (χ1) is 6.19. The normalized spacial score (nSPS) is 10.1. The number of hydrogen-bond donors (Lipinski definition) is 1. The maximum absolute atomic E-state index is 11.2. The molecule has 0 spiro atoms. The van der Waals surface area contributed by atoms with Crippen LogP contribution in [0.25, 0.3) is 0 Å². The first kappa shape index (κ1) is 10.1. The lowest BCUT2D eigenvalue weighted by atomic mass is 10.4. The van der Waals surface area contributed by atoms with Crippen molar-refractivity contribution < 1.29 is 14.6 Å². The molecule has 0 aliphatic heterocycles. The summed E-state index contributed by atoms with van der Waals surface area (Å²) in [7, 11) is 0. The largest absolute Gasteiger partial charge is 0.461 e. The summed E-state index contributed by atoms with van der Waals surface area (Å²) in [5, 5.41) is 9.17. The lowest BCUT2D eigenvalue weighted by Gasteiger charge is -1.95. The van der Waals surface area contributed by atoms with E-state index in [-0.39, 0.29) is 6.61 Å². The maximum atomic E-state index is 11.2. The van der Waals surface area contributed by atoms with Crippen molar-refractivity contribution in [2.75, 3.05) is 6.61 Å². The number of aliphatic hydroxyl groups excluding tert-OH is 1. The molecule has 72 valence electrons. The summed E-state index contributed by atoms with van der Waals surface area (Å²) >= 11 is 1.17. The van der Waals surface area contributed by atoms with E-state index in [1.54, 1.807) is 13.8 Å². The summed E-state index contributed by atoms with van der Waals surface area (Å²) in [5.41, 5.74) is 0.690. The zero-order valence-corrected chi connectivity index (χ0v) is 8.35. The molecule has 1 heterocycles. The Hall–Kier alpha value is -0.940. The number of esters is 1. The molecule has 4 nitrogen and oxygen atoms in total. The number of hydrogen-bond acceptors (Lipinski definition) is 5. The third kappa shape index (κ3) is 2.26. The summed E-state index contributed by atoms with van der Waals surface area (Å²) in [6, 6.07) is 0. The van der Waals surface area contributed by atoms with Crippen LogP contribution in [-0.2, 0) is 11.3 Å². The number of carbonyl (C=O) groups excluding carboxylic acids is 1. The van der Waals surface area contributed by atoms with Gasteiger partial charge in [-0.05, 0) is 13.8 Å². The van der Waals surface area contributed by atoms with Crippen LogP contribution in [-0.4, -0.2) is 22.7 Å². The van der Waals surface area contributed by atoms with Gasteiger partial charge in [-0.1, -0.05) is 0 Å². The molecule has 1 aromatic heterocycles. The van der Waals surface area contributed by atoms with E-state index in [9.17, 15) is 4.79 Å². The van der Waals surface area contributed by atoms with Gasteiger partial charge in [0.25, 0.3) is 0 Å². The van der Waals surface area contributed by atoms with Crippen LogP contribution in [0, 0.1) is 6.92 Å². The van der Waals surface area contributed by atoms with E-state index in [4.69, 9.17) is 9.84 Å². The third-order valence-electron chi connectivity index (χ3n) is 1.49. The second-order valence-corrected chi connectivity index (χ2v) is 3.49. The van der Waals surface area contributed by atoms with Gasteiger partial charge in [0.05, 0.1) is 23.8 Å². The fourth-order valence-corrected chi connectivity index (χ4v) is 1.67. The number of aliphatic hydroxyl groups is 1. The number of thiazole rings is 1. The molecule has 0 aliphatic carbocycles. The first-order valence-corrected chi connectivity index (χ1v) is 4.75. The minimum Gasteiger partial charge on any atom is -0.461 e. The summed E-state index contributed by atoms with van der Waals surface area (Å²) in [4.78, 5) is 15.9. The van der Waals surface area contributed by atoms with Crippen molar-refractivity contribution in [1.29, 1.82) is 0 Å². The summed E-state index contributed by atoms with van der Waals surface area (Å²) in [5.74, 6) is -0.421. The molecule has 0 bridgehead atoms. The fourth-order valence-electron chi connectivity index (χ4n) is 0.855. The highest BCUT2D eigenvalue weighted by Gasteiger charge is 2.14. The van der Waals surface area contributed by atoms with E-state index in [2.05, 4.69) is 4.98 Å². The van der Waals surface area contributed by atoms with Gasteiger partial charge in [0.1, 0.15) is 0 Å². The average Bonchev–Trinajstić information content (AvgIpc) is 2.47. The Bertz CT molecular complexity index is 308. The van der Waals surface area contributed by atoms with Crippen molar-refractivity contribution in [1.82, 2.24) is 4.98 Å². The molecule has 0 saturated heterocycles. The van der Waals surface area contributed by atoms with Crippen LogP contribution in [0.3, 0.4) is 0 Å². The number of rotatable bonds is 3. The Morgan fingerprint density at radius 2 is 2.38 bits per heavy atom. The third-order valence-corrected chi connectivity index (χ3v) is 2.61. The molecule has 0 atom stereocenters. The highest BCUT2D eigenvalue weighted by atomic mass is 32.1. The molecule has 0 aromatic carbocycles. The van der Waals surface area contributed by atoms with Crippen LogP contribution >= 0.6 is 11.3 Å². The predicted octanol–water partition coefficient (Wildman–Crippen LogP) is 1.12. The monoisotopic (exact) mass is 201 g/mol. The van der Waals surface area contributed by atoms with Gasteiger partial charge in [-0.15, -0.1) is 11.3 Å². The van der Waals surface area contributed by atoms with Crippen molar-refractivity contribution >= 4 is 17.3 Å². The van der Waals surface area contributed by atoms with E-state index >= 15 is 0 Å². The zero-order chi connectivity index (χ0) is 9.84. The van der Waals surface area contributed by atoms with E-state index in [0.29, 0.717) is 22.2 Å². The molecule has 0 aliphatic rings. The summed E-state index contributed by atoms with van der Waals surface area (Å²) in [6.07, 6.45) is 0. The molecular weight excluding hydrogens is 190 g/mol. The fraction of sp³-hybridized carbons (Fsp3) is 0.500. The molecule has 13 heavy (non-hydrogen) atoms. The lowest BCUT2D eigenvalue weighted by molar-refractivity contribution is 0.0526. The Balaban J connectivity index is 2.84. The van der Waals surface area contributed by atoms with Crippen molar-refractivity contribution in [2.45, 2.75) is 20.5 Å². The van der Waals surface area contributed by atoms with Crippen molar-refractivity contribution in [3.05, 3.63) is 15.6 Å². The van der Waals surface area contributed by atoms with Gasteiger partial charge >= 0.3 is 5.97 Å². The van der Waals surface area contributed by atoms with Gasteiger partial charge in [-0.25, -0.2) is 9.78 Å². The summed E-state index contributed by atoms with van der Waals surface area (Å²) in [6.45, 7) is 3.75. The number of nitrogens with zero attached hydrogens (tertiary/aromatic N) is 1. The molecular formula is C8H11NO3S. The van der Waals surface area contributed by atoms with E-state index in [1.165, 1.54) is 11.3 Å². The number of aromatic nitrogens is 1. The van der Waals surface area contributed by atoms with Gasteiger partial charge in [0.15, 0.2) is 0 Å². The average molecular weight is 201 g/mol. The quantitative estimate of drug-likeness (QED) is 0.744. The predicted molar refractivity (Wildman–Crippen MR) is 48.7 cm³/mol. The molecule has 1 rings (SSSR count). The van der Waals surface area contributed by atoms with Crippen LogP contribution < -0.4 is 0 Å². The second kappa shape index (κ2) is 4.34. The molecule has 0 radical (unpaired) electrons. The number of aryl methyl sites for hydroxylation is 1. The lowest BCUT2D eigenvalue weighted by Crippen LogP contribution is -2.03. The van der Waals surface area contributed by atoms with Gasteiger partial charge in [-0.2, -0.15) is 0 Å². The van der Waals surface area contributed by atoms with Crippen LogP contribution in [0.5, 0.6) is 0 Å². The SMILES string of the molecule is CCOC(=O)c1nc(C)c(CO)s1. The second-order valence-electron chi connectivity index (χ2n) is 2.41. The van der Waals surface area contributed by atoms with E-state index < -0.39 is 5.97 Å². The van der Waals surface area contributed by atoms with E-state index in [1.807, 2.05) is 0 Å². The highest BCUT2D eigenvalue weighted by Crippen LogP contribution is 2.18. The Labute approximate surface area is 80.2 Å². The van der Waals surface area contributed by atoms with Gasteiger partial charge in [0, 0.05) is 0 Å². The highest BCUT2D eigenvalue weighted by molar-refractivity contribution is 7.13. The summed E-state index contributed by atoms with van der Waals surface area (Å²) < 4.78 is 4.77. The van der Waals surface area contributed by atoms with Crippen LogP contribution in [0.4, 0.5) is 0 Å². The molecule has 0 unspecified atom stereocenters. The smallest absolute Gasteiger partial charge is 0.367 e. The zero-order valence-electron chi connectivity index (χ0n) is 7.53. The van der Waals surface area contributed by atoms with Crippen molar-refractivity contribution in [3.8, 4) is 0 Å². The molecule has 0 saturated carbocycles. The maximum Gasteiger partial charge on any atom is 0.367 e. The first-order valence-electron chi connectivity index (χ1n) is 3.93. The molecule has 1 N–H and O–H groups in total. The molecule has 0 fully saturated rings. The number of ether oxygens (including phenoxy) is 1.